The average Bonchev–Trinajstić information content (AvgIpc) is 2.88. The second kappa shape index (κ2) is 5.71. The molecule has 0 bridgehead atoms. The summed E-state index contributed by atoms with van der Waals surface area (Å²) in [6.07, 6.45) is 2.36. The predicted molar refractivity (Wildman–Crippen MR) is 71.4 cm³/mol. The van der Waals surface area contributed by atoms with Crippen LogP contribution in [0.15, 0.2) is 6.20 Å². The molecule has 106 valence electrons. The van der Waals surface area contributed by atoms with Crippen molar-refractivity contribution in [2.45, 2.75) is 19.4 Å². The highest BCUT2D eigenvalue weighted by molar-refractivity contribution is 5.79. The van der Waals surface area contributed by atoms with E-state index in [1.54, 1.807) is 7.11 Å². The van der Waals surface area contributed by atoms with Crippen molar-refractivity contribution in [1.82, 2.24) is 14.7 Å². The molecule has 0 aliphatic carbocycles. The van der Waals surface area contributed by atoms with Gasteiger partial charge in [0.1, 0.15) is 0 Å². The predicted octanol–water partition coefficient (Wildman–Crippen LogP) is 0.223. The number of nitrogens with two attached hydrogens (primary N) is 1. The van der Waals surface area contributed by atoms with E-state index in [2.05, 4.69) is 5.10 Å². The maximum absolute atomic E-state index is 12.1. The van der Waals surface area contributed by atoms with Crippen LogP contribution in [-0.2, 0) is 16.6 Å². The molecule has 2 atom stereocenters. The van der Waals surface area contributed by atoms with Crippen LogP contribution in [-0.4, -0.2) is 47.4 Å². The highest BCUT2D eigenvalue weighted by atomic mass is 16.5. The summed E-state index contributed by atoms with van der Waals surface area (Å²) in [7, 11) is 3.55. The van der Waals surface area contributed by atoms with Gasteiger partial charge in [-0.25, -0.2) is 0 Å². The van der Waals surface area contributed by atoms with Crippen molar-refractivity contribution in [2.75, 3.05) is 26.8 Å². The summed E-state index contributed by atoms with van der Waals surface area (Å²) in [4.78, 5) is 14.0. The minimum absolute atomic E-state index is 0.0290. The molecular weight excluding hydrogens is 244 g/mol. The molecule has 0 aromatic carbocycles. The normalized spacial score (nSPS) is 23.4. The number of ether oxygens (including phenoxy) is 1. The van der Waals surface area contributed by atoms with Crippen molar-refractivity contribution in [3.05, 3.63) is 17.5 Å². The third-order valence-corrected chi connectivity index (χ3v) is 3.97. The van der Waals surface area contributed by atoms with E-state index in [0.717, 1.165) is 11.3 Å². The van der Waals surface area contributed by atoms with Crippen LogP contribution >= 0.6 is 0 Å². The molecule has 1 saturated heterocycles. The van der Waals surface area contributed by atoms with Crippen LogP contribution in [0.4, 0.5) is 0 Å². The number of methoxy groups -OCH3 is 1. The van der Waals surface area contributed by atoms with Crippen molar-refractivity contribution >= 4 is 5.91 Å². The number of carbonyl (C=O) groups is 1. The number of rotatable bonds is 5. The second-order valence-corrected chi connectivity index (χ2v) is 5.03. The lowest BCUT2D eigenvalue weighted by Gasteiger charge is -2.27. The van der Waals surface area contributed by atoms with Gasteiger partial charge in [0.15, 0.2) is 0 Å². The average molecular weight is 266 g/mol. The molecule has 1 amide bonds. The molecule has 1 aliphatic heterocycles. The van der Waals surface area contributed by atoms with E-state index < -0.39 is 0 Å². The lowest BCUT2D eigenvalue weighted by molar-refractivity contribution is -0.129. The first kappa shape index (κ1) is 14.0. The molecule has 1 aliphatic rings. The summed E-state index contributed by atoms with van der Waals surface area (Å²) in [5.41, 5.74) is 8.02. The summed E-state index contributed by atoms with van der Waals surface area (Å²) in [6, 6.07) is 0.0290. The van der Waals surface area contributed by atoms with Gasteiger partial charge < -0.3 is 15.4 Å². The van der Waals surface area contributed by atoms with Gasteiger partial charge in [0, 0.05) is 44.3 Å². The van der Waals surface area contributed by atoms with Crippen molar-refractivity contribution in [3.8, 4) is 0 Å². The maximum atomic E-state index is 12.1. The van der Waals surface area contributed by atoms with Gasteiger partial charge in [0.25, 0.3) is 0 Å². The Hall–Kier alpha value is -1.40. The number of aromatic nitrogens is 2. The molecule has 0 radical (unpaired) electrons. The van der Waals surface area contributed by atoms with Crippen LogP contribution < -0.4 is 5.73 Å². The molecule has 2 rings (SSSR count). The lowest BCUT2D eigenvalue weighted by atomic mass is 9.94. The van der Waals surface area contributed by atoms with Crippen molar-refractivity contribution in [3.63, 3.8) is 0 Å². The van der Waals surface area contributed by atoms with Crippen LogP contribution in [0, 0.1) is 12.8 Å². The Balaban J connectivity index is 2.31. The SMILES string of the molecule is COCCN1C(=O)C[C@@H](CN)[C@H]1c1cnn(C)c1C. The van der Waals surface area contributed by atoms with E-state index in [4.69, 9.17) is 10.5 Å². The molecule has 2 heterocycles. The fraction of sp³-hybridized carbons (Fsp3) is 0.692. The summed E-state index contributed by atoms with van der Waals surface area (Å²) in [5, 5.41) is 4.28. The van der Waals surface area contributed by atoms with E-state index in [9.17, 15) is 4.79 Å². The first-order valence-electron chi connectivity index (χ1n) is 6.57. The topological polar surface area (TPSA) is 73.4 Å². The van der Waals surface area contributed by atoms with E-state index in [0.29, 0.717) is 26.1 Å². The molecule has 0 spiro atoms. The monoisotopic (exact) mass is 266 g/mol. The molecule has 2 N–H and O–H groups in total. The highest BCUT2D eigenvalue weighted by Crippen LogP contribution is 2.38. The quantitative estimate of drug-likeness (QED) is 0.827. The Morgan fingerprint density at radius 1 is 1.58 bits per heavy atom. The smallest absolute Gasteiger partial charge is 0.223 e. The van der Waals surface area contributed by atoms with Gasteiger partial charge >= 0.3 is 0 Å². The van der Waals surface area contributed by atoms with Gasteiger partial charge in [-0.3, -0.25) is 9.48 Å². The zero-order valence-corrected chi connectivity index (χ0v) is 11.8. The van der Waals surface area contributed by atoms with Crippen LogP contribution in [0.2, 0.25) is 0 Å². The fourth-order valence-corrected chi connectivity index (χ4v) is 2.76. The number of likely N-dealkylation sites (tertiary alicyclic amines) is 1. The largest absolute Gasteiger partial charge is 0.383 e. The Morgan fingerprint density at radius 3 is 2.84 bits per heavy atom. The molecular formula is C13H22N4O2. The molecule has 1 aromatic heterocycles. The Bertz CT molecular complexity index is 457. The molecule has 1 fully saturated rings. The summed E-state index contributed by atoms with van der Waals surface area (Å²) >= 11 is 0. The van der Waals surface area contributed by atoms with Gasteiger partial charge in [-0.05, 0) is 13.5 Å². The molecule has 6 heteroatoms. The number of aryl methyl sites for hydroxylation is 1. The molecule has 0 unspecified atom stereocenters. The van der Waals surface area contributed by atoms with Crippen LogP contribution in [0.1, 0.15) is 23.7 Å². The molecule has 0 saturated carbocycles. The number of carbonyl (C=O) groups excluding carboxylic acids is 1. The minimum atomic E-state index is 0.0290. The Kier molecular flexibility index (Phi) is 4.21. The molecule has 1 aromatic rings. The number of amides is 1. The van der Waals surface area contributed by atoms with E-state index in [-0.39, 0.29) is 17.9 Å². The van der Waals surface area contributed by atoms with E-state index in [1.165, 1.54) is 0 Å². The van der Waals surface area contributed by atoms with Crippen LogP contribution in [0.3, 0.4) is 0 Å². The lowest BCUT2D eigenvalue weighted by Crippen LogP contribution is -2.33. The maximum Gasteiger partial charge on any atom is 0.223 e. The van der Waals surface area contributed by atoms with E-state index >= 15 is 0 Å². The number of hydrogen-bond donors (Lipinski definition) is 1. The minimum Gasteiger partial charge on any atom is -0.383 e. The zero-order valence-electron chi connectivity index (χ0n) is 11.8. The van der Waals surface area contributed by atoms with Gasteiger partial charge in [-0.1, -0.05) is 0 Å². The van der Waals surface area contributed by atoms with E-state index in [1.807, 2.05) is 29.7 Å². The molecule has 6 nitrogen and oxygen atoms in total. The van der Waals surface area contributed by atoms with Gasteiger partial charge in [0.05, 0.1) is 18.8 Å². The van der Waals surface area contributed by atoms with Crippen LogP contribution in [0.25, 0.3) is 0 Å². The molecule has 19 heavy (non-hydrogen) atoms. The summed E-state index contributed by atoms with van der Waals surface area (Å²) < 4.78 is 6.93. The Morgan fingerprint density at radius 2 is 2.32 bits per heavy atom. The highest BCUT2D eigenvalue weighted by Gasteiger charge is 2.40. The standard InChI is InChI=1S/C13H22N4O2/c1-9-11(8-15-16(9)2)13-10(7-14)6-12(18)17(13)4-5-19-3/h8,10,13H,4-7,14H2,1-3H3/t10-,13-/m0/s1. The second-order valence-electron chi connectivity index (χ2n) is 5.03. The third-order valence-electron chi connectivity index (χ3n) is 3.97. The van der Waals surface area contributed by atoms with Crippen molar-refractivity contribution < 1.29 is 9.53 Å². The summed E-state index contributed by atoms with van der Waals surface area (Å²) in [5.74, 6) is 0.313. The Labute approximate surface area is 113 Å². The number of nitrogens with zero attached hydrogens (tertiary/aromatic N) is 3. The van der Waals surface area contributed by atoms with Crippen LogP contribution in [0.5, 0.6) is 0 Å². The van der Waals surface area contributed by atoms with Gasteiger partial charge in [-0.2, -0.15) is 5.10 Å². The first-order valence-corrected chi connectivity index (χ1v) is 6.57. The van der Waals surface area contributed by atoms with Crippen molar-refractivity contribution in [2.24, 2.45) is 18.7 Å². The first-order chi connectivity index (χ1) is 9.10. The number of hydrogen-bond acceptors (Lipinski definition) is 4. The van der Waals surface area contributed by atoms with Crippen molar-refractivity contribution in [1.29, 1.82) is 0 Å². The van der Waals surface area contributed by atoms with Gasteiger partial charge in [0.2, 0.25) is 5.91 Å². The zero-order chi connectivity index (χ0) is 14.0. The fourth-order valence-electron chi connectivity index (χ4n) is 2.76. The third kappa shape index (κ3) is 2.50. The van der Waals surface area contributed by atoms with Gasteiger partial charge in [-0.15, -0.1) is 0 Å². The summed E-state index contributed by atoms with van der Waals surface area (Å²) in [6.45, 7) is 3.67.